The Morgan fingerprint density at radius 3 is 2.90 bits per heavy atom. The highest BCUT2D eigenvalue weighted by Gasteiger charge is 2.24. The Balaban J connectivity index is 1.40. The summed E-state index contributed by atoms with van der Waals surface area (Å²) in [5.41, 5.74) is 3.29. The van der Waals surface area contributed by atoms with Crippen LogP contribution in [0.2, 0.25) is 5.02 Å². The van der Waals surface area contributed by atoms with Crippen LogP contribution in [0.4, 0.5) is 0 Å². The number of ether oxygens (including phenoxy) is 2. The van der Waals surface area contributed by atoms with Gasteiger partial charge in [-0.25, -0.2) is 0 Å². The van der Waals surface area contributed by atoms with Gasteiger partial charge in [0.1, 0.15) is 11.9 Å². The van der Waals surface area contributed by atoms with Gasteiger partial charge < -0.3 is 14.8 Å². The molecule has 3 aromatic rings. The summed E-state index contributed by atoms with van der Waals surface area (Å²) >= 11 is 5.96. The van der Waals surface area contributed by atoms with Gasteiger partial charge >= 0.3 is 0 Å². The number of carbonyl (C=O) groups excluding carboxylic acids is 1. The summed E-state index contributed by atoms with van der Waals surface area (Å²) < 4.78 is 13.3. The van der Waals surface area contributed by atoms with E-state index in [1.54, 1.807) is 6.07 Å². The van der Waals surface area contributed by atoms with Crippen LogP contribution >= 0.6 is 11.6 Å². The number of fused-ring (bicyclic) bond motifs is 1. The molecule has 0 bridgehead atoms. The van der Waals surface area contributed by atoms with Crippen LogP contribution in [0.25, 0.3) is 0 Å². The van der Waals surface area contributed by atoms with E-state index in [0.29, 0.717) is 37.0 Å². The van der Waals surface area contributed by atoms with Crippen LogP contribution in [0.15, 0.2) is 54.6 Å². The van der Waals surface area contributed by atoms with Gasteiger partial charge in [-0.2, -0.15) is 5.10 Å². The van der Waals surface area contributed by atoms with Crippen LogP contribution < -0.4 is 10.1 Å². The molecule has 0 radical (unpaired) electrons. The number of amides is 1. The summed E-state index contributed by atoms with van der Waals surface area (Å²) in [6.07, 6.45) is -0.114. The molecule has 1 unspecified atom stereocenters. The Kier molecular flexibility index (Phi) is 5.83. The first-order valence-electron chi connectivity index (χ1n) is 9.56. The molecule has 150 valence electrons. The smallest absolute Gasteiger partial charge is 0.272 e. The lowest BCUT2D eigenvalue weighted by Gasteiger charge is -2.24. The SMILES string of the molecule is CCOc1cccc(CNC(=O)c2cc3n(n2)CC(c2ccc(Cl)cc2)OC3)c1. The maximum atomic E-state index is 12.6. The summed E-state index contributed by atoms with van der Waals surface area (Å²) in [4.78, 5) is 12.6. The van der Waals surface area contributed by atoms with E-state index in [-0.39, 0.29) is 12.0 Å². The Hall–Kier alpha value is -2.83. The van der Waals surface area contributed by atoms with Crippen molar-refractivity contribution in [2.24, 2.45) is 0 Å². The summed E-state index contributed by atoms with van der Waals surface area (Å²) in [5.74, 6) is 0.582. The lowest BCUT2D eigenvalue weighted by atomic mass is 10.1. The third kappa shape index (κ3) is 4.60. The average Bonchev–Trinajstić information content (AvgIpc) is 3.17. The van der Waals surface area contributed by atoms with E-state index < -0.39 is 0 Å². The van der Waals surface area contributed by atoms with Crippen molar-refractivity contribution in [1.82, 2.24) is 15.1 Å². The van der Waals surface area contributed by atoms with Gasteiger partial charge in [0, 0.05) is 11.6 Å². The molecular formula is C22H22ClN3O3. The van der Waals surface area contributed by atoms with Crippen LogP contribution in [0.1, 0.15) is 40.3 Å². The van der Waals surface area contributed by atoms with Crippen molar-refractivity contribution < 1.29 is 14.3 Å². The fourth-order valence-electron chi connectivity index (χ4n) is 3.30. The first-order chi connectivity index (χ1) is 14.1. The molecule has 1 aliphatic heterocycles. The number of nitrogens with zero attached hydrogens (tertiary/aromatic N) is 2. The lowest BCUT2D eigenvalue weighted by molar-refractivity contribution is -0.00119. The van der Waals surface area contributed by atoms with E-state index >= 15 is 0 Å². The van der Waals surface area contributed by atoms with Gasteiger partial charge in [-0.1, -0.05) is 35.9 Å². The van der Waals surface area contributed by atoms with E-state index in [2.05, 4.69) is 10.4 Å². The van der Waals surface area contributed by atoms with E-state index in [4.69, 9.17) is 21.1 Å². The van der Waals surface area contributed by atoms with Crippen LogP contribution in [-0.2, 0) is 24.4 Å². The predicted octanol–water partition coefficient (Wildman–Crippen LogP) is 4.14. The molecule has 1 atom stereocenters. The van der Waals surface area contributed by atoms with Gasteiger partial charge in [0.05, 0.1) is 25.5 Å². The average molecular weight is 412 g/mol. The number of rotatable bonds is 6. The summed E-state index contributed by atoms with van der Waals surface area (Å²) in [6, 6.07) is 17.1. The molecule has 0 aliphatic carbocycles. The number of aromatic nitrogens is 2. The number of nitrogens with one attached hydrogen (secondary N) is 1. The molecule has 1 amide bonds. The highest BCUT2D eigenvalue weighted by atomic mass is 35.5. The molecule has 0 saturated carbocycles. The van der Waals surface area contributed by atoms with Crippen molar-refractivity contribution in [3.8, 4) is 5.75 Å². The molecule has 29 heavy (non-hydrogen) atoms. The second-order valence-corrected chi connectivity index (χ2v) is 7.25. The Bertz CT molecular complexity index is 1000. The third-order valence-corrected chi connectivity index (χ3v) is 5.02. The summed E-state index contributed by atoms with van der Waals surface area (Å²) in [7, 11) is 0. The minimum Gasteiger partial charge on any atom is -0.494 e. The van der Waals surface area contributed by atoms with Crippen molar-refractivity contribution in [3.05, 3.63) is 82.1 Å². The highest BCUT2D eigenvalue weighted by Crippen LogP contribution is 2.27. The molecular weight excluding hydrogens is 390 g/mol. The van der Waals surface area contributed by atoms with E-state index in [1.165, 1.54) is 0 Å². The number of benzene rings is 2. The Morgan fingerprint density at radius 1 is 1.28 bits per heavy atom. The molecule has 1 N–H and O–H groups in total. The molecule has 6 nitrogen and oxygen atoms in total. The maximum absolute atomic E-state index is 12.6. The molecule has 2 aromatic carbocycles. The molecule has 2 heterocycles. The first-order valence-corrected chi connectivity index (χ1v) is 9.94. The summed E-state index contributed by atoms with van der Waals surface area (Å²) in [6.45, 7) is 3.92. The van der Waals surface area contributed by atoms with Crippen molar-refractivity contribution >= 4 is 17.5 Å². The largest absolute Gasteiger partial charge is 0.494 e. The molecule has 0 spiro atoms. The zero-order chi connectivity index (χ0) is 20.2. The topological polar surface area (TPSA) is 65.4 Å². The number of hydrogen-bond donors (Lipinski definition) is 1. The fourth-order valence-corrected chi connectivity index (χ4v) is 3.43. The molecule has 7 heteroatoms. The van der Waals surface area contributed by atoms with Gasteiger partial charge in [0.25, 0.3) is 5.91 Å². The zero-order valence-electron chi connectivity index (χ0n) is 16.1. The summed E-state index contributed by atoms with van der Waals surface area (Å²) in [5, 5.41) is 8.08. The highest BCUT2D eigenvalue weighted by molar-refractivity contribution is 6.30. The van der Waals surface area contributed by atoms with Crippen LogP contribution in [-0.4, -0.2) is 22.3 Å². The monoisotopic (exact) mass is 411 g/mol. The lowest BCUT2D eigenvalue weighted by Crippen LogP contribution is -2.24. The Morgan fingerprint density at radius 2 is 2.10 bits per heavy atom. The van der Waals surface area contributed by atoms with Crippen molar-refractivity contribution in [3.63, 3.8) is 0 Å². The fraction of sp³-hybridized carbons (Fsp3) is 0.273. The molecule has 4 rings (SSSR count). The van der Waals surface area contributed by atoms with E-state index in [1.807, 2.05) is 60.1 Å². The van der Waals surface area contributed by atoms with Crippen molar-refractivity contribution in [1.29, 1.82) is 0 Å². The van der Waals surface area contributed by atoms with E-state index in [9.17, 15) is 4.79 Å². The third-order valence-electron chi connectivity index (χ3n) is 4.77. The quantitative estimate of drug-likeness (QED) is 0.662. The van der Waals surface area contributed by atoms with Gasteiger partial charge in [-0.05, 0) is 48.4 Å². The van der Waals surface area contributed by atoms with E-state index in [0.717, 1.165) is 22.6 Å². The first kappa shape index (κ1) is 19.5. The zero-order valence-corrected chi connectivity index (χ0v) is 16.9. The molecule has 0 saturated heterocycles. The van der Waals surface area contributed by atoms with Crippen molar-refractivity contribution in [2.45, 2.75) is 32.7 Å². The number of halogens is 1. The minimum absolute atomic E-state index is 0.114. The number of hydrogen-bond acceptors (Lipinski definition) is 4. The number of carbonyl (C=O) groups is 1. The van der Waals surface area contributed by atoms with Gasteiger partial charge in [-0.15, -0.1) is 0 Å². The maximum Gasteiger partial charge on any atom is 0.272 e. The van der Waals surface area contributed by atoms with Gasteiger partial charge in [0.2, 0.25) is 0 Å². The van der Waals surface area contributed by atoms with Gasteiger partial charge in [0.15, 0.2) is 5.69 Å². The molecule has 1 aliphatic rings. The normalized spacial score (nSPS) is 15.6. The molecule has 0 fully saturated rings. The minimum atomic E-state index is -0.211. The second-order valence-electron chi connectivity index (χ2n) is 6.82. The van der Waals surface area contributed by atoms with Crippen LogP contribution in [0.3, 0.4) is 0 Å². The molecule has 1 aromatic heterocycles. The van der Waals surface area contributed by atoms with Crippen LogP contribution in [0, 0.1) is 0 Å². The standard InChI is InChI=1S/C22H22ClN3O3/c1-2-28-19-5-3-4-15(10-19)12-24-22(27)20-11-18-14-29-21(13-26(18)25-20)16-6-8-17(23)9-7-16/h3-11,21H,2,12-14H2,1H3,(H,24,27). The Labute approximate surface area is 174 Å². The predicted molar refractivity (Wildman–Crippen MR) is 110 cm³/mol. The van der Waals surface area contributed by atoms with Gasteiger partial charge in [-0.3, -0.25) is 9.48 Å². The second kappa shape index (κ2) is 8.68. The van der Waals surface area contributed by atoms with Crippen molar-refractivity contribution in [2.75, 3.05) is 6.61 Å². The van der Waals surface area contributed by atoms with Crippen LogP contribution in [0.5, 0.6) is 5.75 Å².